The van der Waals surface area contributed by atoms with Gasteiger partial charge in [-0.05, 0) is 30.7 Å². The summed E-state index contributed by atoms with van der Waals surface area (Å²) >= 11 is 0. The third kappa shape index (κ3) is 6.45. The first-order valence-electron chi connectivity index (χ1n) is 6.80. The van der Waals surface area contributed by atoms with Gasteiger partial charge in [-0.15, -0.1) is 0 Å². The van der Waals surface area contributed by atoms with E-state index < -0.39 is 0 Å². The highest BCUT2D eigenvalue weighted by Crippen LogP contribution is 2.22. The molecule has 0 radical (unpaired) electrons. The van der Waals surface area contributed by atoms with E-state index in [0.717, 1.165) is 44.0 Å². The van der Waals surface area contributed by atoms with Gasteiger partial charge in [0.25, 0.3) is 0 Å². The summed E-state index contributed by atoms with van der Waals surface area (Å²) in [5, 5.41) is 3.38. The largest absolute Gasteiger partial charge is 0.497 e. The Morgan fingerprint density at radius 1 is 1.05 bits per heavy atom. The van der Waals surface area contributed by atoms with Gasteiger partial charge >= 0.3 is 0 Å². The number of hydrogen-bond donors (Lipinski definition) is 1. The molecular weight excluding hydrogens is 242 g/mol. The fourth-order valence-corrected chi connectivity index (χ4v) is 1.74. The minimum Gasteiger partial charge on any atom is -0.497 e. The molecule has 0 aromatic heterocycles. The van der Waals surface area contributed by atoms with E-state index >= 15 is 0 Å². The molecule has 0 atom stereocenters. The Labute approximate surface area is 116 Å². The van der Waals surface area contributed by atoms with Gasteiger partial charge in [0.1, 0.15) is 11.5 Å². The van der Waals surface area contributed by atoms with Crippen molar-refractivity contribution in [1.82, 2.24) is 5.32 Å². The van der Waals surface area contributed by atoms with E-state index in [2.05, 4.69) is 18.3 Å². The molecule has 1 aromatic carbocycles. The maximum absolute atomic E-state index is 5.71. The molecule has 0 heterocycles. The number of benzene rings is 1. The molecule has 108 valence electrons. The number of nitrogens with one attached hydrogen (secondary N) is 1. The predicted octanol–water partition coefficient (Wildman–Crippen LogP) is 2.61. The van der Waals surface area contributed by atoms with Crippen LogP contribution in [0.2, 0.25) is 0 Å². The second kappa shape index (κ2) is 9.64. The Bertz CT molecular complexity index is 355. The van der Waals surface area contributed by atoms with Crippen LogP contribution in [-0.4, -0.2) is 34.0 Å². The molecule has 0 bridgehead atoms. The van der Waals surface area contributed by atoms with E-state index in [9.17, 15) is 0 Å². The highest BCUT2D eigenvalue weighted by molar-refractivity contribution is 5.38. The first-order chi connectivity index (χ1) is 9.30. The molecule has 19 heavy (non-hydrogen) atoms. The van der Waals surface area contributed by atoms with Crippen LogP contribution < -0.4 is 14.8 Å². The lowest BCUT2D eigenvalue weighted by atomic mass is 10.2. The second-order valence-electron chi connectivity index (χ2n) is 4.39. The molecular formula is C15H25NO3. The van der Waals surface area contributed by atoms with Gasteiger partial charge in [0, 0.05) is 32.7 Å². The summed E-state index contributed by atoms with van der Waals surface area (Å²) in [5.74, 6) is 1.68. The molecule has 0 saturated carbocycles. The Kier molecular flexibility index (Phi) is 8.02. The average Bonchev–Trinajstić information content (AvgIpc) is 2.44. The summed E-state index contributed by atoms with van der Waals surface area (Å²) in [6.07, 6.45) is 2.02. The van der Waals surface area contributed by atoms with Gasteiger partial charge in [-0.1, -0.05) is 6.92 Å². The van der Waals surface area contributed by atoms with Crippen LogP contribution in [0.4, 0.5) is 0 Å². The zero-order valence-electron chi connectivity index (χ0n) is 12.2. The molecule has 1 N–H and O–H groups in total. The lowest BCUT2D eigenvalue weighted by Crippen LogP contribution is -2.14. The second-order valence-corrected chi connectivity index (χ2v) is 4.39. The maximum Gasteiger partial charge on any atom is 0.123 e. The zero-order valence-corrected chi connectivity index (χ0v) is 12.2. The molecule has 1 aromatic rings. The number of methoxy groups -OCH3 is 2. The fraction of sp³-hybridized carbons (Fsp3) is 0.600. The van der Waals surface area contributed by atoms with Crippen molar-refractivity contribution in [3.8, 4) is 11.5 Å². The number of hydrogen-bond acceptors (Lipinski definition) is 4. The Balaban J connectivity index is 2.55. The van der Waals surface area contributed by atoms with E-state index in [0.29, 0.717) is 6.61 Å². The molecule has 1 rings (SSSR count). The highest BCUT2D eigenvalue weighted by Gasteiger charge is 2.02. The molecule has 0 amide bonds. The van der Waals surface area contributed by atoms with E-state index in [1.807, 2.05) is 12.1 Å². The summed E-state index contributed by atoms with van der Waals surface area (Å²) in [6.45, 7) is 5.38. The summed E-state index contributed by atoms with van der Waals surface area (Å²) < 4.78 is 16.0. The summed E-state index contributed by atoms with van der Waals surface area (Å²) in [7, 11) is 3.37. The Hall–Kier alpha value is -1.26. The molecule has 0 aliphatic heterocycles. The zero-order chi connectivity index (χ0) is 13.9. The average molecular weight is 267 g/mol. The molecule has 0 fully saturated rings. The van der Waals surface area contributed by atoms with Crippen molar-refractivity contribution in [1.29, 1.82) is 0 Å². The van der Waals surface area contributed by atoms with Gasteiger partial charge in [-0.25, -0.2) is 0 Å². The Morgan fingerprint density at radius 3 is 2.53 bits per heavy atom. The van der Waals surface area contributed by atoms with Crippen molar-refractivity contribution in [3.63, 3.8) is 0 Å². The van der Waals surface area contributed by atoms with Crippen molar-refractivity contribution in [2.75, 3.05) is 34.0 Å². The molecule has 0 spiro atoms. The summed E-state index contributed by atoms with van der Waals surface area (Å²) in [5.41, 5.74) is 1.18. The van der Waals surface area contributed by atoms with Crippen molar-refractivity contribution in [2.45, 2.75) is 26.3 Å². The first-order valence-corrected chi connectivity index (χ1v) is 6.80. The Morgan fingerprint density at radius 2 is 1.84 bits per heavy atom. The quantitative estimate of drug-likeness (QED) is 0.661. The van der Waals surface area contributed by atoms with Gasteiger partial charge in [-0.3, -0.25) is 0 Å². The highest BCUT2D eigenvalue weighted by atomic mass is 16.5. The van der Waals surface area contributed by atoms with Crippen LogP contribution in [-0.2, 0) is 11.3 Å². The standard InChI is InChI=1S/C15H25NO3/c1-4-6-16-12-13-9-14(18-3)11-15(10-13)19-8-5-7-17-2/h9-11,16H,4-8,12H2,1-3H3. The van der Waals surface area contributed by atoms with Crippen molar-refractivity contribution < 1.29 is 14.2 Å². The minimum absolute atomic E-state index is 0.656. The SMILES string of the molecule is CCCNCc1cc(OC)cc(OCCCOC)c1. The summed E-state index contributed by atoms with van der Waals surface area (Å²) in [6, 6.07) is 6.00. The van der Waals surface area contributed by atoms with E-state index in [1.165, 1.54) is 5.56 Å². The monoisotopic (exact) mass is 267 g/mol. The first kappa shape index (κ1) is 15.8. The van der Waals surface area contributed by atoms with Gasteiger partial charge < -0.3 is 19.5 Å². The number of ether oxygens (including phenoxy) is 3. The van der Waals surface area contributed by atoms with Crippen LogP contribution in [0.5, 0.6) is 11.5 Å². The van der Waals surface area contributed by atoms with Crippen LogP contribution >= 0.6 is 0 Å². The fourth-order valence-electron chi connectivity index (χ4n) is 1.74. The van der Waals surface area contributed by atoms with Crippen LogP contribution in [0.15, 0.2) is 18.2 Å². The lowest BCUT2D eigenvalue weighted by Gasteiger charge is -2.11. The van der Waals surface area contributed by atoms with Crippen molar-refractivity contribution in [2.24, 2.45) is 0 Å². The maximum atomic E-state index is 5.71. The van der Waals surface area contributed by atoms with E-state index in [-0.39, 0.29) is 0 Å². The predicted molar refractivity (Wildman–Crippen MR) is 77.0 cm³/mol. The van der Waals surface area contributed by atoms with E-state index in [1.54, 1.807) is 14.2 Å². The normalized spacial score (nSPS) is 10.5. The van der Waals surface area contributed by atoms with Gasteiger partial charge in [0.15, 0.2) is 0 Å². The molecule has 4 nitrogen and oxygen atoms in total. The van der Waals surface area contributed by atoms with Crippen LogP contribution in [0.1, 0.15) is 25.3 Å². The van der Waals surface area contributed by atoms with Crippen molar-refractivity contribution in [3.05, 3.63) is 23.8 Å². The van der Waals surface area contributed by atoms with Gasteiger partial charge in [0.05, 0.1) is 13.7 Å². The molecule has 0 unspecified atom stereocenters. The van der Waals surface area contributed by atoms with Crippen LogP contribution in [0.3, 0.4) is 0 Å². The van der Waals surface area contributed by atoms with E-state index in [4.69, 9.17) is 14.2 Å². The molecule has 0 aliphatic carbocycles. The topological polar surface area (TPSA) is 39.7 Å². The van der Waals surface area contributed by atoms with Crippen molar-refractivity contribution >= 4 is 0 Å². The minimum atomic E-state index is 0.656. The van der Waals surface area contributed by atoms with Crippen LogP contribution in [0.25, 0.3) is 0 Å². The molecule has 4 heteroatoms. The third-order valence-corrected chi connectivity index (χ3v) is 2.69. The smallest absolute Gasteiger partial charge is 0.123 e. The lowest BCUT2D eigenvalue weighted by molar-refractivity contribution is 0.172. The van der Waals surface area contributed by atoms with Crippen LogP contribution in [0, 0.1) is 0 Å². The summed E-state index contributed by atoms with van der Waals surface area (Å²) in [4.78, 5) is 0. The van der Waals surface area contributed by atoms with Gasteiger partial charge in [-0.2, -0.15) is 0 Å². The third-order valence-electron chi connectivity index (χ3n) is 2.69. The molecule has 0 saturated heterocycles. The molecule has 0 aliphatic rings. The van der Waals surface area contributed by atoms with Gasteiger partial charge in [0.2, 0.25) is 0 Å². The number of rotatable bonds is 10.